The number of hydrogen-bond acceptors (Lipinski definition) is 3. The maximum absolute atomic E-state index is 5.72. The van der Waals surface area contributed by atoms with Crippen LogP contribution in [0.5, 0.6) is 5.75 Å². The molecule has 3 rings (SSSR count). The van der Waals surface area contributed by atoms with E-state index in [1.165, 1.54) is 11.1 Å². The molecule has 0 radical (unpaired) electrons. The number of hydrogen-bond donors (Lipinski definition) is 1. The van der Waals surface area contributed by atoms with Crippen molar-refractivity contribution in [1.82, 2.24) is 9.78 Å². The number of aromatic nitrogens is 2. The fourth-order valence-corrected chi connectivity index (χ4v) is 2.80. The lowest BCUT2D eigenvalue weighted by molar-refractivity contribution is 0.415. The van der Waals surface area contributed by atoms with Gasteiger partial charge in [0.1, 0.15) is 5.75 Å². The number of nitrogens with zero attached hydrogens (tertiary/aromatic N) is 2. The summed E-state index contributed by atoms with van der Waals surface area (Å²) in [6.07, 6.45) is 0.765. The summed E-state index contributed by atoms with van der Waals surface area (Å²) in [6, 6.07) is 16.6. The van der Waals surface area contributed by atoms with Gasteiger partial charge in [-0.3, -0.25) is 0 Å². The number of rotatable bonds is 5. The normalized spacial score (nSPS) is 10.8. The third kappa shape index (κ3) is 3.19. The van der Waals surface area contributed by atoms with Gasteiger partial charge in [-0.05, 0) is 67.9 Å². The molecule has 0 spiro atoms. The van der Waals surface area contributed by atoms with Crippen LogP contribution in [0.1, 0.15) is 16.8 Å². The lowest BCUT2D eigenvalue weighted by atomic mass is 10.1. The molecule has 0 saturated heterocycles. The molecule has 0 atom stereocenters. The monoisotopic (exact) mass is 321 g/mol. The highest BCUT2D eigenvalue weighted by molar-refractivity contribution is 5.64. The summed E-state index contributed by atoms with van der Waals surface area (Å²) in [5.74, 6) is 0.846. The molecule has 4 heteroatoms. The first-order valence-electron chi connectivity index (χ1n) is 8.13. The van der Waals surface area contributed by atoms with Crippen LogP contribution in [-0.4, -0.2) is 23.4 Å². The van der Waals surface area contributed by atoms with Crippen LogP contribution in [0.15, 0.2) is 48.5 Å². The largest absolute Gasteiger partial charge is 0.497 e. The summed E-state index contributed by atoms with van der Waals surface area (Å²) in [7, 11) is 1.68. The zero-order valence-corrected chi connectivity index (χ0v) is 14.4. The minimum Gasteiger partial charge on any atom is -0.497 e. The highest BCUT2D eigenvalue weighted by atomic mass is 16.5. The fourth-order valence-electron chi connectivity index (χ4n) is 2.80. The second kappa shape index (κ2) is 6.89. The smallest absolute Gasteiger partial charge is 0.118 e. The maximum atomic E-state index is 5.72. The highest BCUT2D eigenvalue weighted by Gasteiger charge is 2.13. The summed E-state index contributed by atoms with van der Waals surface area (Å²) in [6.45, 7) is 4.79. The van der Waals surface area contributed by atoms with Crippen molar-refractivity contribution in [2.75, 3.05) is 13.7 Å². The third-order valence-electron chi connectivity index (χ3n) is 4.14. The molecule has 0 bridgehead atoms. The van der Waals surface area contributed by atoms with Crippen molar-refractivity contribution in [3.63, 3.8) is 0 Å². The van der Waals surface area contributed by atoms with Crippen LogP contribution < -0.4 is 10.5 Å². The Hall–Kier alpha value is -2.59. The molecule has 1 heterocycles. The Morgan fingerprint density at radius 2 is 1.79 bits per heavy atom. The lowest BCUT2D eigenvalue weighted by Crippen LogP contribution is -2.05. The molecular formula is C20H23N3O. The van der Waals surface area contributed by atoms with Crippen molar-refractivity contribution < 1.29 is 4.74 Å². The fraction of sp³-hybridized carbons (Fsp3) is 0.250. The van der Waals surface area contributed by atoms with E-state index in [1.807, 2.05) is 16.8 Å². The van der Waals surface area contributed by atoms with E-state index in [2.05, 4.69) is 50.2 Å². The molecule has 1 aromatic heterocycles. The van der Waals surface area contributed by atoms with Crippen LogP contribution in [0.3, 0.4) is 0 Å². The molecule has 2 aromatic carbocycles. The molecule has 0 unspecified atom stereocenters. The Bertz CT molecular complexity index is 835. The number of nitrogens with two attached hydrogens (primary N) is 1. The predicted octanol–water partition coefficient (Wildman–Crippen LogP) is 3.67. The van der Waals surface area contributed by atoms with Crippen LogP contribution in [-0.2, 0) is 6.42 Å². The Labute approximate surface area is 142 Å². The molecular weight excluding hydrogens is 298 g/mol. The van der Waals surface area contributed by atoms with E-state index in [0.717, 1.165) is 34.8 Å². The van der Waals surface area contributed by atoms with E-state index >= 15 is 0 Å². The topological polar surface area (TPSA) is 53.1 Å². The second-order valence-electron chi connectivity index (χ2n) is 5.99. The zero-order valence-electron chi connectivity index (χ0n) is 14.4. The van der Waals surface area contributed by atoms with Crippen LogP contribution in [0.2, 0.25) is 0 Å². The second-order valence-corrected chi connectivity index (χ2v) is 5.99. The Balaban J connectivity index is 2.15. The Kier molecular flexibility index (Phi) is 4.67. The quantitative estimate of drug-likeness (QED) is 0.780. The van der Waals surface area contributed by atoms with Gasteiger partial charge in [-0.25, -0.2) is 4.68 Å². The van der Waals surface area contributed by atoms with E-state index in [0.29, 0.717) is 6.54 Å². The van der Waals surface area contributed by atoms with Gasteiger partial charge in [0.15, 0.2) is 0 Å². The standard InChI is InChI=1S/C20H23N3O/c1-14-4-5-15(2)19(12-14)23-20(13-17(22-23)10-11-21)16-6-8-18(24-3)9-7-16/h4-9,12-13H,10-11,21H2,1-3H3. The van der Waals surface area contributed by atoms with Crippen molar-refractivity contribution in [2.45, 2.75) is 20.3 Å². The van der Waals surface area contributed by atoms with Gasteiger partial charge in [0, 0.05) is 12.0 Å². The van der Waals surface area contributed by atoms with Crippen molar-refractivity contribution in [1.29, 1.82) is 0 Å². The maximum Gasteiger partial charge on any atom is 0.118 e. The Morgan fingerprint density at radius 1 is 1.04 bits per heavy atom. The molecule has 0 aliphatic carbocycles. The van der Waals surface area contributed by atoms with Crippen molar-refractivity contribution >= 4 is 0 Å². The van der Waals surface area contributed by atoms with Crippen molar-refractivity contribution in [2.24, 2.45) is 5.73 Å². The van der Waals surface area contributed by atoms with Gasteiger partial charge in [0.25, 0.3) is 0 Å². The number of benzene rings is 2. The van der Waals surface area contributed by atoms with Gasteiger partial charge in [-0.1, -0.05) is 12.1 Å². The summed E-state index contributed by atoms with van der Waals surface area (Å²) in [4.78, 5) is 0. The van der Waals surface area contributed by atoms with Crippen LogP contribution in [0, 0.1) is 13.8 Å². The molecule has 3 aromatic rings. The lowest BCUT2D eigenvalue weighted by Gasteiger charge is -2.12. The van der Waals surface area contributed by atoms with Gasteiger partial charge in [0.2, 0.25) is 0 Å². The third-order valence-corrected chi connectivity index (χ3v) is 4.14. The molecule has 4 nitrogen and oxygen atoms in total. The first-order chi connectivity index (χ1) is 11.6. The minimum atomic E-state index is 0.589. The van der Waals surface area contributed by atoms with E-state index in [4.69, 9.17) is 15.6 Å². The number of aryl methyl sites for hydroxylation is 2. The number of methoxy groups -OCH3 is 1. The molecule has 124 valence electrons. The summed E-state index contributed by atoms with van der Waals surface area (Å²) < 4.78 is 7.28. The Morgan fingerprint density at radius 3 is 2.46 bits per heavy atom. The van der Waals surface area contributed by atoms with Crippen molar-refractivity contribution in [3.8, 4) is 22.7 Å². The molecule has 0 aliphatic rings. The molecule has 2 N–H and O–H groups in total. The minimum absolute atomic E-state index is 0.589. The van der Waals surface area contributed by atoms with Crippen molar-refractivity contribution in [3.05, 3.63) is 65.4 Å². The number of ether oxygens (including phenoxy) is 1. The molecule has 24 heavy (non-hydrogen) atoms. The van der Waals surface area contributed by atoms with Gasteiger partial charge < -0.3 is 10.5 Å². The first kappa shape index (κ1) is 16.3. The van der Waals surface area contributed by atoms with Crippen LogP contribution >= 0.6 is 0 Å². The highest BCUT2D eigenvalue weighted by Crippen LogP contribution is 2.27. The molecule has 0 saturated carbocycles. The van der Waals surface area contributed by atoms with Gasteiger partial charge in [-0.15, -0.1) is 0 Å². The van der Waals surface area contributed by atoms with Gasteiger partial charge in [-0.2, -0.15) is 5.10 Å². The van der Waals surface area contributed by atoms with E-state index in [9.17, 15) is 0 Å². The van der Waals surface area contributed by atoms with Gasteiger partial charge in [0.05, 0.1) is 24.2 Å². The molecule has 0 amide bonds. The van der Waals surface area contributed by atoms with E-state index in [1.54, 1.807) is 7.11 Å². The van der Waals surface area contributed by atoms with E-state index < -0.39 is 0 Å². The summed E-state index contributed by atoms with van der Waals surface area (Å²) >= 11 is 0. The van der Waals surface area contributed by atoms with Crippen LogP contribution in [0.4, 0.5) is 0 Å². The molecule has 0 fully saturated rings. The average Bonchev–Trinajstić information content (AvgIpc) is 3.01. The first-order valence-corrected chi connectivity index (χ1v) is 8.13. The summed E-state index contributed by atoms with van der Waals surface area (Å²) in [5.41, 5.74) is 12.4. The van der Waals surface area contributed by atoms with Crippen LogP contribution in [0.25, 0.3) is 16.9 Å². The SMILES string of the molecule is COc1ccc(-c2cc(CCN)nn2-c2cc(C)ccc2C)cc1. The zero-order chi connectivity index (χ0) is 17.1. The summed E-state index contributed by atoms with van der Waals surface area (Å²) in [5, 5.41) is 4.80. The van der Waals surface area contributed by atoms with Gasteiger partial charge >= 0.3 is 0 Å². The predicted molar refractivity (Wildman–Crippen MR) is 97.8 cm³/mol. The average molecular weight is 321 g/mol. The molecule has 0 aliphatic heterocycles. The van der Waals surface area contributed by atoms with E-state index in [-0.39, 0.29) is 0 Å².